The van der Waals surface area contributed by atoms with Crippen molar-refractivity contribution >= 4 is 39.9 Å². The van der Waals surface area contributed by atoms with Gasteiger partial charge in [0.25, 0.3) is 5.91 Å². The van der Waals surface area contributed by atoms with Crippen molar-refractivity contribution in [1.29, 1.82) is 0 Å². The van der Waals surface area contributed by atoms with Gasteiger partial charge in [-0.1, -0.05) is 17.7 Å². The molecule has 1 aliphatic heterocycles. The number of aromatic amines is 1. The van der Waals surface area contributed by atoms with E-state index in [2.05, 4.69) is 20.6 Å². The van der Waals surface area contributed by atoms with Crippen LogP contribution in [-0.2, 0) is 6.42 Å². The van der Waals surface area contributed by atoms with Crippen molar-refractivity contribution in [2.75, 3.05) is 19.0 Å². The van der Waals surface area contributed by atoms with Crippen molar-refractivity contribution in [3.8, 4) is 22.9 Å². The molecule has 0 bridgehead atoms. The van der Waals surface area contributed by atoms with Crippen LogP contribution in [0.1, 0.15) is 28.9 Å². The van der Waals surface area contributed by atoms with Gasteiger partial charge < -0.3 is 25.1 Å². The zero-order chi connectivity index (χ0) is 23.2. The van der Waals surface area contributed by atoms with Crippen molar-refractivity contribution in [3.05, 3.63) is 58.9 Å². The van der Waals surface area contributed by atoms with Crippen LogP contribution in [0.4, 0.5) is 11.4 Å². The van der Waals surface area contributed by atoms with Gasteiger partial charge in [-0.15, -0.1) is 0 Å². The highest BCUT2D eigenvalue weighted by Crippen LogP contribution is 2.42. The fourth-order valence-electron chi connectivity index (χ4n) is 4.29. The number of hydrogen-bond acceptors (Lipinski definition) is 6. The number of aromatic nitrogens is 3. The van der Waals surface area contributed by atoms with Crippen LogP contribution in [0.3, 0.4) is 0 Å². The van der Waals surface area contributed by atoms with Crippen LogP contribution in [0.15, 0.2) is 42.6 Å². The number of pyridine rings is 2. The van der Waals surface area contributed by atoms with E-state index in [4.69, 9.17) is 26.1 Å². The molecule has 34 heavy (non-hydrogen) atoms. The molecule has 3 aromatic heterocycles. The SMILES string of the molecule is COc1c(Cl)cccc1Nc1c(-c2ccnc3ccc(OC4CC4)nc23)[nH]c2c1C(=O)NCC2. The van der Waals surface area contributed by atoms with E-state index >= 15 is 0 Å². The Bertz CT molecular complexity index is 1430. The molecular formula is C25H22ClN5O3. The second kappa shape index (κ2) is 8.22. The Morgan fingerprint density at radius 1 is 1.18 bits per heavy atom. The maximum absolute atomic E-state index is 12.9. The number of methoxy groups -OCH3 is 1. The Morgan fingerprint density at radius 3 is 2.88 bits per heavy atom. The number of ether oxygens (including phenoxy) is 2. The molecule has 0 atom stereocenters. The second-order valence-corrected chi connectivity index (χ2v) is 8.78. The molecule has 3 N–H and O–H groups in total. The zero-order valence-electron chi connectivity index (χ0n) is 18.4. The minimum atomic E-state index is -0.142. The molecule has 0 radical (unpaired) electrons. The Labute approximate surface area is 200 Å². The van der Waals surface area contributed by atoms with Crippen LogP contribution in [0.5, 0.6) is 11.6 Å². The number of amides is 1. The summed E-state index contributed by atoms with van der Waals surface area (Å²) >= 11 is 6.36. The highest BCUT2D eigenvalue weighted by molar-refractivity contribution is 6.32. The van der Waals surface area contributed by atoms with E-state index in [1.807, 2.05) is 30.3 Å². The lowest BCUT2D eigenvalue weighted by Gasteiger charge is -2.17. The van der Waals surface area contributed by atoms with Gasteiger partial charge in [0, 0.05) is 36.5 Å². The quantitative estimate of drug-likeness (QED) is 0.368. The Balaban J connectivity index is 1.54. The van der Waals surface area contributed by atoms with Gasteiger partial charge >= 0.3 is 0 Å². The van der Waals surface area contributed by atoms with Gasteiger partial charge in [0.15, 0.2) is 5.75 Å². The number of carbonyl (C=O) groups is 1. The van der Waals surface area contributed by atoms with Crippen LogP contribution in [0.2, 0.25) is 5.02 Å². The van der Waals surface area contributed by atoms with Gasteiger partial charge in [0.1, 0.15) is 11.6 Å². The van der Waals surface area contributed by atoms with Crippen LogP contribution in [0.25, 0.3) is 22.3 Å². The van der Waals surface area contributed by atoms with E-state index in [1.165, 1.54) is 0 Å². The molecule has 0 unspecified atom stereocenters. The number of benzene rings is 1. The molecule has 0 saturated heterocycles. The van der Waals surface area contributed by atoms with Gasteiger partial charge in [-0.25, -0.2) is 4.98 Å². The number of H-pyrrole nitrogens is 1. The van der Waals surface area contributed by atoms with E-state index in [0.717, 1.165) is 35.3 Å². The number of halogens is 1. The van der Waals surface area contributed by atoms with Gasteiger partial charge in [-0.3, -0.25) is 9.78 Å². The summed E-state index contributed by atoms with van der Waals surface area (Å²) in [6, 6.07) is 11.1. The summed E-state index contributed by atoms with van der Waals surface area (Å²) in [5.41, 5.74) is 5.71. The summed E-state index contributed by atoms with van der Waals surface area (Å²) in [4.78, 5) is 25.7. The third-order valence-corrected chi connectivity index (χ3v) is 6.33. The molecule has 1 fully saturated rings. The summed E-state index contributed by atoms with van der Waals surface area (Å²) < 4.78 is 11.5. The third-order valence-electron chi connectivity index (χ3n) is 6.04. The fraction of sp³-hybridized carbons (Fsp3) is 0.240. The minimum Gasteiger partial charge on any atom is -0.493 e. The second-order valence-electron chi connectivity index (χ2n) is 8.37. The summed E-state index contributed by atoms with van der Waals surface area (Å²) in [7, 11) is 1.56. The summed E-state index contributed by atoms with van der Waals surface area (Å²) in [6.45, 7) is 0.570. The maximum Gasteiger partial charge on any atom is 0.255 e. The first-order chi connectivity index (χ1) is 16.6. The molecule has 2 aliphatic rings. The summed E-state index contributed by atoms with van der Waals surface area (Å²) in [5, 5.41) is 6.82. The molecule has 4 heterocycles. The molecule has 1 aromatic carbocycles. The number of para-hydroxylation sites is 1. The molecule has 8 nitrogen and oxygen atoms in total. The number of nitrogens with one attached hydrogen (secondary N) is 3. The van der Waals surface area contributed by atoms with Crippen molar-refractivity contribution < 1.29 is 14.3 Å². The van der Waals surface area contributed by atoms with E-state index in [1.54, 1.807) is 19.4 Å². The molecular weight excluding hydrogens is 454 g/mol. The van der Waals surface area contributed by atoms with Gasteiger partial charge in [0.2, 0.25) is 5.88 Å². The van der Waals surface area contributed by atoms with Crippen molar-refractivity contribution in [2.45, 2.75) is 25.4 Å². The lowest BCUT2D eigenvalue weighted by Crippen LogP contribution is -2.31. The van der Waals surface area contributed by atoms with Crippen LogP contribution in [0, 0.1) is 0 Å². The number of anilines is 2. The lowest BCUT2D eigenvalue weighted by atomic mass is 10.0. The molecule has 4 aromatic rings. The highest BCUT2D eigenvalue weighted by Gasteiger charge is 2.29. The predicted octanol–water partition coefficient (Wildman–Crippen LogP) is 4.86. The van der Waals surface area contributed by atoms with Gasteiger partial charge in [0.05, 0.1) is 40.3 Å². The molecule has 1 aliphatic carbocycles. The monoisotopic (exact) mass is 475 g/mol. The van der Waals surface area contributed by atoms with Crippen molar-refractivity contribution in [3.63, 3.8) is 0 Å². The first-order valence-electron chi connectivity index (χ1n) is 11.2. The third kappa shape index (κ3) is 3.60. The lowest BCUT2D eigenvalue weighted by molar-refractivity contribution is 0.0947. The molecule has 0 spiro atoms. The number of rotatable bonds is 6. The molecule has 1 amide bonds. The molecule has 9 heteroatoms. The van der Waals surface area contributed by atoms with Crippen LogP contribution < -0.4 is 20.1 Å². The van der Waals surface area contributed by atoms with Gasteiger partial charge in [-0.2, -0.15) is 0 Å². The van der Waals surface area contributed by atoms with Crippen LogP contribution in [-0.4, -0.2) is 40.6 Å². The smallest absolute Gasteiger partial charge is 0.255 e. The maximum atomic E-state index is 12.9. The molecule has 1 saturated carbocycles. The Hall–Kier alpha value is -3.78. The average molecular weight is 476 g/mol. The number of carbonyl (C=O) groups excluding carboxylic acids is 1. The predicted molar refractivity (Wildman–Crippen MR) is 130 cm³/mol. The summed E-state index contributed by atoms with van der Waals surface area (Å²) in [6.07, 6.45) is 4.76. The standard InChI is InChI=1S/C25H22ClN5O3/c1-33-24-15(26)3-2-4-18(24)30-23-20-16(10-12-28-25(20)32)29-22(23)14-9-11-27-17-7-8-19(31-21(14)17)34-13-5-6-13/h2-4,7-9,11,13,29-30H,5-6,10,12H2,1H3,(H,28,32). The Kier molecular flexibility index (Phi) is 5.03. The number of nitrogens with zero attached hydrogens (tertiary/aromatic N) is 2. The van der Waals surface area contributed by atoms with E-state index in [9.17, 15) is 4.79 Å². The van der Waals surface area contributed by atoms with E-state index < -0.39 is 0 Å². The molecule has 6 rings (SSSR count). The minimum absolute atomic E-state index is 0.142. The zero-order valence-corrected chi connectivity index (χ0v) is 19.2. The Morgan fingerprint density at radius 2 is 2.06 bits per heavy atom. The normalized spacial score (nSPS) is 15.1. The fourth-order valence-corrected chi connectivity index (χ4v) is 4.54. The van der Waals surface area contributed by atoms with Crippen LogP contribution >= 0.6 is 11.6 Å². The first-order valence-corrected chi connectivity index (χ1v) is 11.6. The van der Waals surface area contributed by atoms with Gasteiger partial charge in [-0.05, 0) is 37.1 Å². The first kappa shape index (κ1) is 20.8. The number of fused-ring (bicyclic) bond motifs is 2. The number of hydrogen-bond donors (Lipinski definition) is 3. The van der Waals surface area contributed by atoms with E-state index in [0.29, 0.717) is 52.1 Å². The van der Waals surface area contributed by atoms with E-state index in [-0.39, 0.29) is 12.0 Å². The van der Waals surface area contributed by atoms with Crippen molar-refractivity contribution in [1.82, 2.24) is 20.3 Å². The summed E-state index contributed by atoms with van der Waals surface area (Å²) in [5.74, 6) is 0.930. The molecule has 172 valence electrons. The van der Waals surface area contributed by atoms with Crippen molar-refractivity contribution in [2.24, 2.45) is 0 Å². The highest BCUT2D eigenvalue weighted by atomic mass is 35.5. The largest absolute Gasteiger partial charge is 0.493 e. The topological polar surface area (TPSA) is 101 Å². The average Bonchev–Trinajstić information content (AvgIpc) is 3.58.